The summed E-state index contributed by atoms with van der Waals surface area (Å²) in [6, 6.07) is 10.2. The number of aromatic nitrogens is 1. The van der Waals surface area contributed by atoms with E-state index in [0.29, 0.717) is 17.5 Å². The Morgan fingerprint density at radius 1 is 1.16 bits per heavy atom. The minimum Gasteiger partial charge on any atom is -0.439 e. The molecule has 19 heavy (non-hydrogen) atoms. The number of hydrogen-bond donors (Lipinski definition) is 0. The number of hydrogen-bond acceptors (Lipinski definition) is 3. The van der Waals surface area contributed by atoms with Crippen LogP contribution in [0.25, 0.3) is 0 Å². The normalized spacial score (nSPS) is 10.8. The molecule has 0 fully saturated rings. The average molecular weight is 264 g/mol. The molecule has 0 bridgehead atoms. The SMILES string of the molecule is N#Cc1cccc(Oc2ccc(C(F)(F)F)cn2)c1. The molecule has 96 valence electrons. The summed E-state index contributed by atoms with van der Waals surface area (Å²) in [6.07, 6.45) is -3.73. The number of halogens is 3. The smallest absolute Gasteiger partial charge is 0.417 e. The van der Waals surface area contributed by atoms with Crippen LogP contribution >= 0.6 is 0 Å². The van der Waals surface area contributed by atoms with Gasteiger partial charge in [-0.1, -0.05) is 6.07 Å². The molecular formula is C13H7F3N2O. The van der Waals surface area contributed by atoms with E-state index in [0.717, 1.165) is 12.1 Å². The Morgan fingerprint density at radius 3 is 2.53 bits per heavy atom. The Hall–Kier alpha value is -2.55. The molecule has 2 rings (SSSR count). The lowest BCUT2D eigenvalue weighted by Crippen LogP contribution is -2.05. The van der Waals surface area contributed by atoms with Crippen LogP contribution in [-0.2, 0) is 6.18 Å². The number of nitriles is 1. The van der Waals surface area contributed by atoms with Crippen molar-refractivity contribution in [2.24, 2.45) is 0 Å². The first kappa shape index (κ1) is 12.9. The molecule has 0 saturated carbocycles. The third-order valence-corrected chi connectivity index (χ3v) is 2.25. The van der Waals surface area contributed by atoms with Gasteiger partial charge in [0.1, 0.15) is 5.75 Å². The van der Waals surface area contributed by atoms with Gasteiger partial charge in [-0.2, -0.15) is 18.4 Å². The minimum absolute atomic E-state index is 0.0306. The molecule has 0 amide bonds. The number of benzene rings is 1. The van der Waals surface area contributed by atoms with Crippen LogP contribution in [0.5, 0.6) is 11.6 Å². The summed E-state index contributed by atoms with van der Waals surface area (Å²) in [5, 5.41) is 8.71. The van der Waals surface area contributed by atoms with Gasteiger partial charge in [-0.15, -0.1) is 0 Å². The first-order chi connectivity index (χ1) is 8.99. The molecule has 2 aromatic rings. The van der Waals surface area contributed by atoms with Crippen molar-refractivity contribution >= 4 is 0 Å². The second-order valence-electron chi connectivity index (χ2n) is 3.62. The zero-order valence-electron chi connectivity index (χ0n) is 9.48. The summed E-state index contributed by atoms with van der Waals surface area (Å²) in [7, 11) is 0. The fraction of sp³-hybridized carbons (Fsp3) is 0.0769. The second-order valence-corrected chi connectivity index (χ2v) is 3.62. The number of ether oxygens (including phenoxy) is 1. The van der Waals surface area contributed by atoms with Crippen LogP contribution in [0.4, 0.5) is 13.2 Å². The van der Waals surface area contributed by atoms with E-state index < -0.39 is 11.7 Å². The van der Waals surface area contributed by atoms with Crippen LogP contribution in [-0.4, -0.2) is 4.98 Å². The number of nitrogens with zero attached hydrogens (tertiary/aromatic N) is 2. The lowest BCUT2D eigenvalue weighted by molar-refractivity contribution is -0.137. The van der Waals surface area contributed by atoms with Gasteiger partial charge in [-0.3, -0.25) is 0 Å². The van der Waals surface area contributed by atoms with E-state index in [-0.39, 0.29) is 5.88 Å². The van der Waals surface area contributed by atoms with Crippen molar-refractivity contribution in [1.29, 1.82) is 5.26 Å². The van der Waals surface area contributed by atoms with Crippen molar-refractivity contribution in [3.63, 3.8) is 0 Å². The first-order valence-corrected chi connectivity index (χ1v) is 5.20. The molecule has 6 heteroatoms. The van der Waals surface area contributed by atoms with E-state index in [4.69, 9.17) is 10.00 Å². The summed E-state index contributed by atoms with van der Waals surface area (Å²) in [4.78, 5) is 3.57. The summed E-state index contributed by atoms with van der Waals surface area (Å²) in [5.74, 6) is 0.370. The van der Waals surface area contributed by atoms with E-state index in [9.17, 15) is 13.2 Å². The Kier molecular flexibility index (Phi) is 3.38. The number of pyridine rings is 1. The molecule has 0 aliphatic rings. The fourth-order valence-corrected chi connectivity index (χ4v) is 1.36. The van der Waals surface area contributed by atoms with Gasteiger partial charge in [0.25, 0.3) is 0 Å². The van der Waals surface area contributed by atoms with Crippen molar-refractivity contribution < 1.29 is 17.9 Å². The van der Waals surface area contributed by atoms with Gasteiger partial charge in [-0.05, 0) is 24.3 Å². The number of rotatable bonds is 2. The minimum atomic E-state index is -4.42. The molecule has 1 heterocycles. The third kappa shape index (κ3) is 3.22. The predicted octanol–water partition coefficient (Wildman–Crippen LogP) is 3.76. The lowest BCUT2D eigenvalue weighted by atomic mass is 10.2. The molecule has 0 aliphatic carbocycles. The monoisotopic (exact) mass is 264 g/mol. The van der Waals surface area contributed by atoms with Crippen molar-refractivity contribution in [3.05, 3.63) is 53.7 Å². The van der Waals surface area contributed by atoms with Crippen LogP contribution in [0, 0.1) is 11.3 Å². The van der Waals surface area contributed by atoms with Gasteiger partial charge in [0, 0.05) is 12.3 Å². The second kappa shape index (κ2) is 4.98. The molecule has 1 aromatic carbocycles. The van der Waals surface area contributed by atoms with Gasteiger partial charge in [0.2, 0.25) is 5.88 Å². The Morgan fingerprint density at radius 2 is 1.95 bits per heavy atom. The highest BCUT2D eigenvalue weighted by atomic mass is 19.4. The molecule has 1 aromatic heterocycles. The molecule has 0 aliphatic heterocycles. The van der Waals surface area contributed by atoms with Gasteiger partial charge in [0.05, 0.1) is 17.2 Å². The molecule has 0 radical (unpaired) electrons. The summed E-state index contributed by atoms with van der Waals surface area (Å²) >= 11 is 0. The fourth-order valence-electron chi connectivity index (χ4n) is 1.36. The van der Waals surface area contributed by atoms with Crippen molar-refractivity contribution in [2.75, 3.05) is 0 Å². The van der Waals surface area contributed by atoms with Crippen LogP contribution in [0.1, 0.15) is 11.1 Å². The summed E-state index contributed by atoms with van der Waals surface area (Å²) < 4.78 is 42.2. The van der Waals surface area contributed by atoms with E-state index >= 15 is 0 Å². The molecular weight excluding hydrogens is 257 g/mol. The highest BCUT2D eigenvalue weighted by molar-refractivity contribution is 5.38. The zero-order chi connectivity index (χ0) is 13.9. The summed E-state index contributed by atoms with van der Waals surface area (Å²) in [6.45, 7) is 0. The largest absolute Gasteiger partial charge is 0.439 e. The van der Waals surface area contributed by atoms with Gasteiger partial charge in [0.15, 0.2) is 0 Å². The van der Waals surface area contributed by atoms with Crippen molar-refractivity contribution in [1.82, 2.24) is 4.98 Å². The zero-order valence-corrected chi connectivity index (χ0v) is 9.48. The van der Waals surface area contributed by atoms with Crippen LogP contribution in [0.3, 0.4) is 0 Å². The maximum absolute atomic E-state index is 12.3. The quantitative estimate of drug-likeness (QED) is 0.829. The Labute approximate surface area is 106 Å². The molecule has 0 unspecified atom stereocenters. The molecule has 0 atom stereocenters. The highest BCUT2D eigenvalue weighted by Gasteiger charge is 2.30. The van der Waals surface area contributed by atoms with Gasteiger partial charge in [-0.25, -0.2) is 4.98 Å². The van der Waals surface area contributed by atoms with E-state index in [1.807, 2.05) is 6.07 Å². The lowest BCUT2D eigenvalue weighted by Gasteiger charge is -2.08. The van der Waals surface area contributed by atoms with Crippen LogP contribution < -0.4 is 4.74 Å². The Balaban J connectivity index is 2.18. The van der Waals surface area contributed by atoms with Crippen molar-refractivity contribution in [2.45, 2.75) is 6.18 Å². The van der Waals surface area contributed by atoms with E-state index in [2.05, 4.69) is 4.98 Å². The Bertz CT molecular complexity index is 615. The highest BCUT2D eigenvalue weighted by Crippen LogP contribution is 2.30. The van der Waals surface area contributed by atoms with Gasteiger partial charge >= 0.3 is 6.18 Å². The number of alkyl halides is 3. The van der Waals surface area contributed by atoms with E-state index in [1.165, 1.54) is 6.07 Å². The topological polar surface area (TPSA) is 45.9 Å². The average Bonchev–Trinajstić information content (AvgIpc) is 2.38. The third-order valence-electron chi connectivity index (χ3n) is 2.25. The molecule has 0 spiro atoms. The van der Waals surface area contributed by atoms with Crippen molar-refractivity contribution in [3.8, 4) is 17.7 Å². The summed E-state index contributed by atoms with van der Waals surface area (Å²) in [5.41, 5.74) is -0.449. The van der Waals surface area contributed by atoms with Crippen LogP contribution in [0.2, 0.25) is 0 Å². The van der Waals surface area contributed by atoms with Gasteiger partial charge < -0.3 is 4.74 Å². The molecule has 0 saturated heterocycles. The first-order valence-electron chi connectivity index (χ1n) is 5.20. The maximum Gasteiger partial charge on any atom is 0.417 e. The van der Waals surface area contributed by atoms with E-state index in [1.54, 1.807) is 18.2 Å². The maximum atomic E-state index is 12.3. The van der Waals surface area contributed by atoms with Crippen LogP contribution in [0.15, 0.2) is 42.6 Å². The predicted molar refractivity (Wildman–Crippen MR) is 60.5 cm³/mol. The standard InChI is InChI=1S/C13H7F3N2O/c14-13(15,16)10-4-5-12(18-8-10)19-11-3-1-2-9(6-11)7-17/h1-6,8H. The molecule has 0 N–H and O–H groups in total. The molecule has 3 nitrogen and oxygen atoms in total.